The van der Waals surface area contributed by atoms with E-state index in [9.17, 15) is 4.79 Å². The number of imidazole rings is 1. The molecule has 1 heterocycles. The molecule has 5 heteroatoms. The fourth-order valence-corrected chi connectivity index (χ4v) is 1.56. The number of carbonyl (C=O) groups excluding carboxylic acids is 1. The monoisotopic (exact) mass is 216 g/mol. The minimum atomic E-state index is -0.282. The van der Waals surface area contributed by atoms with Gasteiger partial charge in [-0.1, -0.05) is 18.2 Å². The highest BCUT2D eigenvalue weighted by atomic mass is 16.2. The van der Waals surface area contributed by atoms with E-state index >= 15 is 0 Å². The predicted molar refractivity (Wildman–Crippen MR) is 59.5 cm³/mol. The number of nitrogens with two attached hydrogens (primary N) is 1. The zero-order valence-electron chi connectivity index (χ0n) is 8.60. The van der Waals surface area contributed by atoms with E-state index < -0.39 is 0 Å². The fraction of sp³-hybridized carbons (Fsp3) is 0.0909. The van der Waals surface area contributed by atoms with Crippen molar-refractivity contribution < 1.29 is 4.79 Å². The van der Waals surface area contributed by atoms with Gasteiger partial charge in [-0.15, -0.1) is 0 Å². The molecule has 0 unspecified atom stereocenters. The largest absolute Gasteiger partial charge is 0.348 e. The van der Waals surface area contributed by atoms with Crippen molar-refractivity contribution in [2.45, 2.75) is 6.42 Å². The van der Waals surface area contributed by atoms with Crippen LogP contribution in [0.5, 0.6) is 0 Å². The number of nitrogen functional groups attached to an aromatic ring is 1. The first-order chi connectivity index (χ1) is 7.81. The van der Waals surface area contributed by atoms with Crippen LogP contribution in [0.25, 0.3) is 0 Å². The van der Waals surface area contributed by atoms with Crippen LogP contribution < -0.4 is 11.3 Å². The maximum absolute atomic E-state index is 11.5. The minimum absolute atomic E-state index is 0.282. The summed E-state index contributed by atoms with van der Waals surface area (Å²) >= 11 is 0. The maximum Gasteiger partial charge on any atom is 0.265 e. The number of nitrogens with one attached hydrogen (secondary N) is 2. The summed E-state index contributed by atoms with van der Waals surface area (Å²) in [6, 6.07) is 7.33. The van der Waals surface area contributed by atoms with Crippen LogP contribution >= 0.6 is 0 Å². The Bertz CT molecular complexity index is 478. The van der Waals surface area contributed by atoms with Crippen LogP contribution in [0.15, 0.2) is 36.8 Å². The molecule has 0 bridgehead atoms. The first-order valence-electron chi connectivity index (χ1n) is 4.87. The number of hydrogen-bond donors (Lipinski definition) is 3. The van der Waals surface area contributed by atoms with Crippen LogP contribution in [0, 0.1) is 0 Å². The summed E-state index contributed by atoms with van der Waals surface area (Å²) in [5.41, 5.74) is 4.59. The van der Waals surface area contributed by atoms with Gasteiger partial charge in [0.1, 0.15) is 0 Å². The molecule has 16 heavy (non-hydrogen) atoms. The second kappa shape index (κ2) is 4.59. The number of benzene rings is 1. The zero-order valence-corrected chi connectivity index (χ0v) is 8.60. The molecule has 0 atom stereocenters. The molecule has 0 aliphatic heterocycles. The number of hydrazine groups is 1. The minimum Gasteiger partial charge on any atom is -0.348 e. The Labute approximate surface area is 92.7 Å². The van der Waals surface area contributed by atoms with E-state index in [0.29, 0.717) is 12.0 Å². The smallest absolute Gasteiger partial charge is 0.265 e. The van der Waals surface area contributed by atoms with Crippen molar-refractivity contribution in [2.24, 2.45) is 5.84 Å². The second-order valence-electron chi connectivity index (χ2n) is 3.38. The second-order valence-corrected chi connectivity index (χ2v) is 3.38. The molecule has 5 nitrogen and oxygen atoms in total. The van der Waals surface area contributed by atoms with E-state index in [1.54, 1.807) is 24.7 Å². The third kappa shape index (κ3) is 2.09. The molecule has 1 aromatic heterocycles. The Morgan fingerprint density at radius 2 is 2.25 bits per heavy atom. The molecule has 0 saturated heterocycles. The number of carbonyl (C=O) groups is 1. The molecule has 0 fully saturated rings. The lowest BCUT2D eigenvalue weighted by atomic mass is 10.0. The van der Waals surface area contributed by atoms with E-state index in [1.807, 2.05) is 12.1 Å². The summed E-state index contributed by atoms with van der Waals surface area (Å²) in [5, 5.41) is 0. The third-order valence-electron chi connectivity index (χ3n) is 2.33. The summed E-state index contributed by atoms with van der Waals surface area (Å²) in [5.74, 6) is 4.84. The van der Waals surface area contributed by atoms with Gasteiger partial charge in [0, 0.05) is 23.9 Å². The average Bonchev–Trinajstić information content (AvgIpc) is 2.82. The van der Waals surface area contributed by atoms with E-state index in [2.05, 4.69) is 15.4 Å². The standard InChI is InChI=1S/C11H12N4O/c12-15-11(16)10-4-2-1-3-8(10)5-9-6-13-7-14-9/h1-4,6-7H,5,12H2,(H,13,14)(H,15,16). The normalized spacial score (nSPS) is 10.1. The van der Waals surface area contributed by atoms with Crippen molar-refractivity contribution in [3.05, 3.63) is 53.6 Å². The van der Waals surface area contributed by atoms with Crippen LogP contribution in [-0.2, 0) is 6.42 Å². The molecule has 0 spiro atoms. The first kappa shape index (κ1) is 10.4. The predicted octanol–water partition coefficient (Wildman–Crippen LogP) is 0.604. The molecule has 4 N–H and O–H groups in total. The quantitative estimate of drug-likeness (QED) is 0.399. The number of aromatic nitrogens is 2. The van der Waals surface area contributed by atoms with Gasteiger partial charge in [-0.05, 0) is 11.6 Å². The highest BCUT2D eigenvalue weighted by molar-refractivity contribution is 5.95. The first-order valence-corrected chi connectivity index (χ1v) is 4.87. The molecular weight excluding hydrogens is 204 g/mol. The topological polar surface area (TPSA) is 83.8 Å². The summed E-state index contributed by atoms with van der Waals surface area (Å²) in [6.07, 6.45) is 3.97. The molecule has 0 radical (unpaired) electrons. The van der Waals surface area contributed by atoms with Crippen molar-refractivity contribution >= 4 is 5.91 Å². The van der Waals surface area contributed by atoms with E-state index in [1.165, 1.54) is 0 Å². The van der Waals surface area contributed by atoms with Crippen LogP contribution in [0.1, 0.15) is 21.6 Å². The van der Waals surface area contributed by atoms with Gasteiger partial charge in [0.25, 0.3) is 5.91 Å². The van der Waals surface area contributed by atoms with Crippen LogP contribution in [-0.4, -0.2) is 15.9 Å². The summed E-state index contributed by atoms with van der Waals surface area (Å²) in [6.45, 7) is 0. The molecule has 0 aliphatic carbocycles. The van der Waals surface area contributed by atoms with Gasteiger partial charge >= 0.3 is 0 Å². The Balaban J connectivity index is 2.30. The van der Waals surface area contributed by atoms with Crippen molar-refractivity contribution in [3.63, 3.8) is 0 Å². The number of hydrogen-bond acceptors (Lipinski definition) is 3. The van der Waals surface area contributed by atoms with Crippen molar-refractivity contribution in [1.29, 1.82) is 0 Å². The highest BCUT2D eigenvalue weighted by Gasteiger charge is 2.09. The van der Waals surface area contributed by atoms with Crippen molar-refractivity contribution in [2.75, 3.05) is 0 Å². The third-order valence-corrected chi connectivity index (χ3v) is 2.33. The van der Waals surface area contributed by atoms with Gasteiger partial charge < -0.3 is 4.98 Å². The van der Waals surface area contributed by atoms with Crippen LogP contribution in [0.2, 0.25) is 0 Å². The molecular formula is C11H12N4O. The van der Waals surface area contributed by atoms with Gasteiger partial charge in [0.15, 0.2) is 0 Å². The summed E-state index contributed by atoms with van der Waals surface area (Å²) < 4.78 is 0. The molecule has 2 rings (SSSR count). The molecule has 0 aliphatic rings. The summed E-state index contributed by atoms with van der Waals surface area (Å²) in [7, 11) is 0. The van der Waals surface area contributed by atoms with Gasteiger partial charge in [-0.2, -0.15) is 0 Å². The van der Waals surface area contributed by atoms with E-state index in [-0.39, 0.29) is 5.91 Å². The zero-order chi connectivity index (χ0) is 11.4. The van der Waals surface area contributed by atoms with E-state index in [0.717, 1.165) is 11.3 Å². The maximum atomic E-state index is 11.5. The number of rotatable bonds is 3. The lowest BCUT2D eigenvalue weighted by Gasteiger charge is -2.06. The van der Waals surface area contributed by atoms with Gasteiger partial charge in [-0.3, -0.25) is 10.2 Å². The van der Waals surface area contributed by atoms with Gasteiger partial charge in [-0.25, -0.2) is 10.8 Å². The van der Waals surface area contributed by atoms with Crippen molar-refractivity contribution in [1.82, 2.24) is 15.4 Å². The van der Waals surface area contributed by atoms with Gasteiger partial charge in [0.05, 0.1) is 6.33 Å². The average molecular weight is 216 g/mol. The van der Waals surface area contributed by atoms with E-state index in [4.69, 9.17) is 5.84 Å². The lowest BCUT2D eigenvalue weighted by molar-refractivity contribution is 0.0953. The van der Waals surface area contributed by atoms with Gasteiger partial charge in [0.2, 0.25) is 0 Å². The van der Waals surface area contributed by atoms with Crippen molar-refractivity contribution in [3.8, 4) is 0 Å². The Kier molecular flexibility index (Phi) is 2.98. The fourth-order valence-electron chi connectivity index (χ4n) is 1.56. The van der Waals surface area contributed by atoms with Crippen LogP contribution in [0.3, 0.4) is 0 Å². The van der Waals surface area contributed by atoms with Crippen LogP contribution in [0.4, 0.5) is 0 Å². The number of H-pyrrole nitrogens is 1. The Morgan fingerprint density at radius 1 is 1.44 bits per heavy atom. The lowest BCUT2D eigenvalue weighted by Crippen LogP contribution is -2.30. The Morgan fingerprint density at radius 3 is 2.94 bits per heavy atom. The SMILES string of the molecule is NNC(=O)c1ccccc1Cc1cnc[nH]1. The summed E-state index contributed by atoms with van der Waals surface area (Å²) in [4.78, 5) is 18.4. The molecule has 82 valence electrons. The Hall–Kier alpha value is -2.14. The number of amides is 1. The molecule has 2 aromatic rings. The molecule has 1 amide bonds. The number of aromatic amines is 1. The highest BCUT2D eigenvalue weighted by Crippen LogP contribution is 2.12. The number of nitrogens with zero attached hydrogens (tertiary/aromatic N) is 1. The molecule has 0 saturated carbocycles. The molecule has 1 aromatic carbocycles.